The minimum Gasteiger partial charge on any atom is -0.372 e. The van der Waals surface area contributed by atoms with Crippen LogP contribution in [0.2, 0.25) is 0 Å². The van der Waals surface area contributed by atoms with E-state index in [4.69, 9.17) is 0 Å². The van der Waals surface area contributed by atoms with Crippen LogP contribution in [0.1, 0.15) is 38.7 Å². The third kappa shape index (κ3) is 2.66. The highest BCUT2D eigenvalue weighted by atomic mass is 16.2. The van der Waals surface area contributed by atoms with E-state index >= 15 is 0 Å². The zero-order chi connectivity index (χ0) is 14.7. The molecule has 1 fully saturated rings. The van der Waals surface area contributed by atoms with Crippen LogP contribution in [0.5, 0.6) is 0 Å². The molecule has 5 heteroatoms. The quantitative estimate of drug-likeness (QED) is 0.836. The molecule has 5 nitrogen and oxygen atoms in total. The average Bonchev–Trinajstić information content (AvgIpc) is 2.71. The van der Waals surface area contributed by atoms with Crippen molar-refractivity contribution in [2.24, 2.45) is 0 Å². The number of carbonyl (C=O) groups excluding carboxylic acids is 2. The molecular formula is C15H21N3O2. The number of nitrogens with one attached hydrogen (secondary N) is 1. The normalized spacial score (nSPS) is 19.0. The fourth-order valence-electron chi connectivity index (χ4n) is 2.60. The van der Waals surface area contributed by atoms with Gasteiger partial charge in [0.15, 0.2) is 0 Å². The number of amides is 2. The number of pyridine rings is 1. The lowest BCUT2D eigenvalue weighted by atomic mass is 10.1. The zero-order valence-corrected chi connectivity index (χ0v) is 12.2. The number of hydrogen-bond donors (Lipinski definition) is 1. The number of imide groups is 1. The van der Waals surface area contributed by atoms with Crippen molar-refractivity contribution in [3.63, 3.8) is 0 Å². The molecular weight excluding hydrogens is 254 g/mol. The number of aryl methyl sites for hydroxylation is 1. The minimum absolute atomic E-state index is 0.0109. The number of likely N-dealkylation sites (tertiary alicyclic amines) is 1. The van der Waals surface area contributed by atoms with Gasteiger partial charge in [0, 0.05) is 12.2 Å². The molecule has 0 spiro atoms. The number of aromatic nitrogens is 1. The van der Waals surface area contributed by atoms with Crippen molar-refractivity contribution in [3.8, 4) is 0 Å². The van der Waals surface area contributed by atoms with Crippen LogP contribution in [0.3, 0.4) is 0 Å². The lowest BCUT2D eigenvalue weighted by Crippen LogP contribution is -2.41. The minimum atomic E-state index is -0.467. The molecule has 0 aliphatic carbocycles. The topological polar surface area (TPSA) is 62.3 Å². The van der Waals surface area contributed by atoms with Crippen molar-refractivity contribution in [1.29, 1.82) is 0 Å². The second-order valence-corrected chi connectivity index (χ2v) is 5.16. The molecule has 1 aromatic rings. The number of rotatable bonds is 5. The summed E-state index contributed by atoms with van der Waals surface area (Å²) in [6.07, 6.45) is 5.22. The molecule has 1 aliphatic heterocycles. The Kier molecular flexibility index (Phi) is 4.37. The Bertz CT molecular complexity index is 512. The molecule has 2 heterocycles. The van der Waals surface area contributed by atoms with E-state index in [1.807, 2.05) is 26.8 Å². The largest absolute Gasteiger partial charge is 0.372 e. The average molecular weight is 275 g/mol. The van der Waals surface area contributed by atoms with Crippen LogP contribution in [-0.4, -0.2) is 33.8 Å². The molecule has 108 valence electrons. The van der Waals surface area contributed by atoms with Gasteiger partial charge >= 0.3 is 0 Å². The standard InChI is InChI=1S/C15H21N3O2/c1-4-11(5-2)18-14(19)8-12(15(18)20)17-13-9-16-7-6-10(13)3/h6-7,9,11-12,17H,4-5,8H2,1-3H3. The van der Waals surface area contributed by atoms with Gasteiger partial charge < -0.3 is 5.32 Å². The van der Waals surface area contributed by atoms with E-state index in [0.717, 1.165) is 24.1 Å². The smallest absolute Gasteiger partial charge is 0.252 e. The Hall–Kier alpha value is -1.91. The van der Waals surface area contributed by atoms with E-state index in [0.29, 0.717) is 0 Å². The molecule has 1 atom stereocenters. The maximum Gasteiger partial charge on any atom is 0.252 e. The van der Waals surface area contributed by atoms with E-state index in [2.05, 4.69) is 10.3 Å². The molecule has 1 unspecified atom stereocenters. The summed E-state index contributed by atoms with van der Waals surface area (Å²) in [6, 6.07) is 1.42. The molecule has 0 saturated carbocycles. The van der Waals surface area contributed by atoms with Gasteiger partial charge in [-0.25, -0.2) is 0 Å². The Morgan fingerprint density at radius 3 is 2.70 bits per heavy atom. The predicted octanol–water partition coefficient (Wildman–Crippen LogP) is 2.12. The van der Waals surface area contributed by atoms with Gasteiger partial charge in [0.1, 0.15) is 6.04 Å². The summed E-state index contributed by atoms with van der Waals surface area (Å²) >= 11 is 0. The van der Waals surface area contributed by atoms with E-state index in [-0.39, 0.29) is 24.3 Å². The maximum atomic E-state index is 12.4. The first-order valence-electron chi connectivity index (χ1n) is 7.11. The van der Waals surface area contributed by atoms with Crippen LogP contribution in [0.25, 0.3) is 0 Å². The van der Waals surface area contributed by atoms with Gasteiger partial charge in [-0.2, -0.15) is 0 Å². The van der Waals surface area contributed by atoms with Crippen LogP contribution >= 0.6 is 0 Å². The summed E-state index contributed by atoms with van der Waals surface area (Å²) in [5.41, 5.74) is 1.83. The lowest BCUT2D eigenvalue weighted by molar-refractivity contribution is -0.141. The first-order chi connectivity index (χ1) is 9.58. The lowest BCUT2D eigenvalue weighted by Gasteiger charge is -2.24. The highest BCUT2D eigenvalue weighted by Gasteiger charge is 2.41. The van der Waals surface area contributed by atoms with Crippen molar-refractivity contribution in [3.05, 3.63) is 24.0 Å². The molecule has 1 aliphatic rings. The number of anilines is 1. The summed E-state index contributed by atoms with van der Waals surface area (Å²) < 4.78 is 0. The van der Waals surface area contributed by atoms with E-state index in [1.165, 1.54) is 4.90 Å². The number of nitrogens with zero attached hydrogens (tertiary/aromatic N) is 2. The van der Waals surface area contributed by atoms with Gasteiger partial charge in [-0.15, -0.1) is 0 Å². The molecule has 1 aromatic heterocycles. The monoisotopic (exact) mass is 275 g/mol. The fourth-order valence-corrected chi connectivity index (χ4v) is 2.60. The first-order valence-corrected chi connectivity index (χ1v) is 7.11. The van der Waals surface area contributed by atoms with Crippen molar-refractivity contribution in [2.75, 3.05) is 5.32 Å². The number of carbonyl (C=O) groups is 2. The summed E-state index contributed by atoms with van der Waals surface area (Å²) in [4.78, 5) is 30.0. The summed E-state index contributed by atoms with van der Waals surface area (Å²) in [6.45, 7) is 5.95. The molecule has 0 radical (unpaired) electrons. The van der Waals surface area contributed by atoms with Crippen molar-refractivity contribution >= 4 is 17.5 Å². The highest BCUT2D eigenvalue weighted by Crippen LogP contribution is 2.23. The maximum absolute atomic E-state index is 12.4. The van der Waals surface area contributed by atoms with Crippen molar-refractivity contribution in [2.45, 2.75) is 52.1 Å². The zero-order valence-electron chi connectivity index (χ0n) is 12.2. The second kappa shape index (κ2) is 6.03. The number of hydrogen-bond acceptors (Lipinski definition) is 4. The summed E-state index contributed by atoms with van der Waals surface area (Å²) in [5, 5.41) is 3.15. The van der Waals surface area contributed by atoms with Crippen molar-refractivity contribution in [1.82, 2.24) is 9.88 Å². The van der Waals surface area contributed by atoms with Crippen LogP contribution in [0, 0.1) is 6.92 Å². The first kappa shape index (κ1) is 14.5. The SMILES string of the molecule is CCC(CC)N1C(=O)CC(Nc2cnccc2C)C1=O. The molecule has 0 aromatic carbocycles. The molecule has 0 bridgehead atoms. The third-order valence-electron chi connectivity index (χ3n) is 3.86. The van der Waals surface area contributed by atoms with Crippen LogP contribution < -0.4 is 5.32 Å². The van der Waals surface area contributed by atoms with Crippen LogP contribution in [-0.2, 0) is 9.59 Å². The van der Waals surface area contributed by atoms with E-state index in [1.54, 1.807) is 12.4 Å². The molecule has 1 N–H and O–H groups in total. The van der Waals surface area contributed by atoms with Crippen LogP contribution in [0.15, 0.2) is 18.5 Å². The molecule has 1 saturated heterocycles. The Morgan fingerprint density at radius 2 is 2.10 bits per heavy atom. The van der Waals surface area contributed by atoms with E-state index < -0.39 is 6.04 Å². The van der Waals surface area contributed by atoms with Gasteiger partial charge in [-0.1, -0.05) is 13.8 Å². The van der Waals surface area contributed by atoms with Gasteiger partial charge in [0.05, 0.1) is 18.3 Å². The summed E-state index contributed by atoms with van der Waals surface area (Å²) in [5.74, 6) is -0.199. The summed E-state index contributed by atoms with van der Waals surface area (Å²) in [7, 11) is 0. The fraction of sp³-hybridized carbons (Fsp3) is 0.533. The Morgan fingerprint density at radius 1 is 1.40 bits per heavy atom. The third-order valence-corrected chi connectivity index (χ3v) is 3.86. The van der Waals surface area contributed by atoms with Gasteiger partial charge in [-0.3, -0.25) is 19.5 Å². The van der Waals surface area contributed by atoms with E-state index in [9.17, 15) is 9.59 Å². The Balaban J connectivity index is 2.14. The predicted molar refractivity (Wildman–Crippen MR) is 77.2 cm³/mol. The van der Waals surface area contributed by atoms with Crippen molar-refractivity contribution < 1.29 is 9.59 Å². The Labute approximate surface area is 119 Å². The van der Waals surface area contributed by atoms with Gasteiger partial charge in [0.25, 0.3) is 5.91 Å². The highest BCUT2D eigenvalue weighted by molar-refractivity contribution is 6.07. The van der Waals surface area contributed by atoms with Gasteiger partial charge in [0.2, 0.25) is 5.91 Å². The van der Waals surface area contributed by atoms with Gasteiger partial charge in [-0.05, 0) is 31.4 Å². The molecule has 2 rings (SSSR count). The second-order valence-electron chi connectivity index (χ2n) is 5.16. The molecule has 2 amide bonds. The van der Waals surface area contributed by atoms with Crippen LogP contribution in [0.4, 0.5) is 5.69 Å². The molecule has 20 heavy (non-hydrogen) atoms.